The van der Waals surface area contributed by atoms with E-state index in [1.165, 1.54) is 5.56 Å². The fraction of sp³-hybridized carbons (Fsp3) is 0.368. The van der Waals surface area contributed by atoms with Crippen LogP contribution < -0.4 is 5.73 Å². The molecular weight excluding hydrogens is 306 g/mol. The van der Waals surface area contributed by atoms with Crippen LogP contribution >= 0.6 is 0 Å². The van der Waals surface area contributed by atoms with Crippen molar-refractivity contribution >= 4 is 9.84 Å². The van der Waals surface area contributed by atoms with Gasteiger partial charge in [-0.15, -0.1) is 0 Å². The first kappa shape index (κ1) is 16.2. The molecule has 3 unspecified atom stereocenters. The third-order valence-electron chi connectivity index (χ3n) is 4.85. The summed E-state index contributed by atoms with van der Waals surface area (Å²) in [6.07, 6.45) is 0.982. The van der Waals surface area contributed by atoms with Gasteiger partial charge in [0.2, 0.25) is 0 Å². The zero-order valence-electron chi connectivity index (χ0n) is 13.6. The number of benzene rings is 2. The van der Waals surface area contributed by atoms with Crippen molar-refractivity contribution < 1.29 is 8.42 Å². The normalized spacial score (nSPS) is 23.7. The second-order valence-corrected chi connectivity index (χ2v) is 8.45. The standard InChI is InChI=1S/C19H23NO2S/c1-3-14-6-8-15(9-7-14)18-17(12-20)19(18)23(21,22)16-10-4-13(2)5-11-16/h4-11,17-19H,3,12,20H2,1-2H3. The van der Waals surface area contributed by atoms with E-state index >= 15 is 0 Å². The maximum atomic E-state index is 12.9. The van der Waals surface area contributed by atoms with Crippen molar-refractivity contribution in [1.29, 1.82) is 0 Å². The molecule has 0 radical (unpaired) electrons. The Balaban J connectivity index is 1.90. The molecule has 0 aliphatic heterocycles. The van der Waals surface area contributed by atoms with Crippen molar-refractivity contribution in [3.8, 4) is 0 Å². The lowest BCUT2D eigenvalue weighted by Gasteiger charge is -2.05. The van der Waals surface area contributed by atoms with Crippen molar-refractivity contribution in [3.05, 3.63) is 65.2 Å². The summed E-state index contributed by atoms with van der Waals surface area (Å²) in [7, 11) is -3.34. The number of rotatable bonds is 5. The number of hydrogen-bond acceptors (Lipinski definition) is 3. The number of aryl methyl sites for hydroxylation is 2. The lowest BCUT2D eigenvalue weighted by Crippen LogP contribution is -2.13. The second kappa shape index (κ2) is 6.10. The summed E-state index contributed by atoms with van der Waals surface area (Å²) in [5, 5.41) is -0.400. The first-order valence-corrected chi connectivity index (χ1v) is 9.63. The molecule has 0 aromatic heterocycles. The van der Waals surface area contributed by atoms with Crippen LogP contribution in [0.3, 0.4) is 0 Å². The molecule has 1 fully saturated rings. The number of hydrogen-bond donors (Lipinski definition) is 1. The molecule has 3 rings (SSSR count). The largest absolute Gasteiger partial charge is 0.330 e. The maximum Gasteiger partial charge on any atom is 0.182 e. The van der Waals surface area contributed by atoms with Gasteiger partial charge < -0.3 is 5.73 Å². The smallest absolute Gasteiger partial charge is 0.182 e. The van der Waals surface area contributed by atoms with Crippen LogP contribution in [-0.2, 0) is 16.3 Å². The molecule has 2 N–H and O–H groups in total. The summed E-state index contributed by atoms with van der Waals surface area (Å²) in [5.41, 5.74) is 9.24. The summed E-state index contributed by atoms with van der Waals surface area (Å²) >= 11 is 0. The van der Waals surface area contributed by atoms with Crippen LogP contribution in [0.25, 0.3) is 0 Å². The minimum Gasteiger partial charge on any atom is -0.330 e. The van der Waals surface area contributed by atoms with Crippen LogP contribution in [0.4, 0.5) is 0 Å². The molecule has 0 spiro atoms. The van der Waals surface area contributed by atoms with Gasteiger partial charge >= 0.3 is 0 Å². The molecule has 3 atom stereocenters. The Labute approximate surface area is 138 Å². The predicted octanol–water partition coefficient (Wildman–Crippen LogP) is 3.07. The highest BCUT2D eigenvalue weighted by molar-refractivity contribution is 7.92. The molecule has 0 bridgehead atoms. The molecule has 1 aliphatic rings. The summed E-state index contributed by atoms with van der Waals surface area (Å²) in [6.45, 7) is 4.46. The van der Waals surface area contributed by atoms with Crippen LogP contribution in [0.5, 0.6) is 0 Å². The van der Waals surface area contributed by atoms with Crippen LogP contribution in [0.15, 0.2) is 53.4 Å². The highest BCUT2D eigenvalue weighted by Crippen LogP contribution is 2.53. The van der Waals surface area contributed by atoms with Gasteiger partial charge in [0.15, 0.2) is 9.84 Å². The Morgan fingerprint density at radius 1 is 1.00 bits per heavy atom. The molecular formula is C19H23NO2S. The van der Waals surface area contributed by atoms with E-state index in [1.807, 2.05) is 19.1 Å². The van der Waals surface area contributed by atoms with Crippen LogP contribution in [-0.4, -0.2) is 20.2 Å². The third kappa shape index (κ3) is 2.93. The van der Waals surface area contributed by atoms with Gasteiger partial charge in [-0.2, -0.15) is 0 Å². The molecule has 122 valence electrons. The van der Waals surface area contributed by atoms with Crippen LogP contribution in [0.2, 0.25) is 0 Å². The Morgan fingerprint density at radius 3 is 2.13 bits per heavy atom. The molecule has 4 heteroatoms. The van der Waals surface area contributed by atoms with E-state index in [1.54, 1.807) is 12.1 Å². The van der Waals surface area contributed by atoms with E-state index in [0.717, 1.165) is 17.5 Å². The summed E-state index contributed by atoms with van der Waals surface area (Å²) < 4.78 is 25.9. The summed E-state index contributed by atoms with van der Waals surface area (Å²) in [4.78, 5) is 0.402. The summed E-state index contributed by atoms with van der Waals surface area (Å²) in [6, 6.07) is 15.4. The van der Waals surface area contributed by atoms with E-state index in [0.29, 0.717) is 11.4 Å². The molecule has 23 heavy (non-hydrogen) atoms. The molecule has 0 heterocycles. The molecule has 1 aliphatic carbocycles. The van der Waals surface area contributed by atoms with Gasteiger partial charge in [0.05, 0.1) is 10.1 Å². The third-order valence-corrected chi connectivity index (χ3v) is 7.14. The Bertz CT molecular complexity index is 779. The number of nitrogens with two attached hydrogens (primary N) is 1. The molecule has 3 nitrogen and oxygen atoms in total. The molecule has 2 aromatic carbocycles. The Kier molecular flexibility index (Phi) is 4.30. The van der Waals surface area contributed by atoms with Crippen molar-refractivity contribution in [1.82, 2.24) is 0 Å². The van der Waals surface area contributed by atoms with Gasteiger partial charge in [0, 0.05) is 5.92 Å². The van der Waals surface area contributed by atoms with E-state index in [4.69, 9.17) is 5.73 Å². The van der Waals surface area contributed by atoms with Crippen LogP contribution in [0, 0.1) is 12.8 Å². The van der Waals surface area contributed by atoms with Crippen molar-refractivity contribution in [2.75, 3.05) is 6.54 Å². The fourth-order valence-electron chi connectivity index (χ4n) is 3.34. The molecule has 1 saturated carbocycles. The average molecular weight is 329 g/mol. The van der Waals surface area contributed by atoms with Gasteiger partial charge in [-0.3, -0.25) is 0 Å². The average Bonchev–Trinajstić information content (AvgIpc) is 3.31. The molecule has 2 aromatic rings. The second-order valence-electron chi connectivity index (χ2n) is 6.34. The lowest BCUT2D eigenvalue weighted by atomic mass is 10.1. The minimum atomic E-state index is -3.34. The van der Waals surface area contributed by atoms with Crippen LogP contribution in [0.1, 0.15) is 29.5 Å². The van der Waals surface area contributed by atoms with E-state index in [-0.39, 0.29) is 11.8 Å². The van der Waals surface area contributed by atoms with E-state index in [2.05, 4.69) is 31.2 Å². The lowest BCUT2D eigenvalue weighted by molar-refractivity contribution is 0.591. The van der Waals surface area contributed by atoms with Crippen molar-refractivity contribution in [3.63, 3.8) is 0 Å². The Morgan fingerprint density at radius 2 is 1.61 bits per heavy atom. The van der Waals surface area contributed by atoms with E-state index < -0.39 is 15.1 Å². The van der Waals surface area contributed by atoms with Crippen molar-refractivity contribution in [2.24, 2.45) is 11.7 Å². The van der Waals surface area contributed by atoms with Gasteiger partial charge in [-0.05, 0) is 49.1 Å². The first-order chi connectivity index (χ1) is 11.0. The quantitative estimate of drug-likeness (QED) is 0.917. The SMILES string of the molecule is CCc1ccc(C2C(CN)C2S(=O)(=O)c2ccc(C)cc2)cc1. The summed E-state index contributed by atoms with van der Waals surface area (Å²) in [5.74, 6) is 0.0194. The maximum absolute atomic E-state index is 12.9. The number of sulfone groups is 1. The zero-order valence-corrected chi connectivity index (χ0v) is 14.4. The molecule has 0 saturated heterocycles. The minimum absolute atomic E-state index is 0.00813. The van der Waals surface area contributed by atoms with Gasteiger partial charge in [-0.1, -0.05) is 48.9 Å². The van der Waals surface area contributed by atoms with Gasteiger partial charge in [0.25, 0.3) is 0 Å². The van der Waals surface area contributed by atoms with Gasteiger partial charge in [-0.25, -0.2) is 8.42 Å². The van der Waals surface area contributed by atoms with Gasteiger partial charge in [0.1, 0.15) is 0 Å². The van der Waals surface area contributed by atoms with E-state index in [9.17, 15) is 8.42 Å². The van der Waals surface area contributed by atoms with Crippen molar-refractivity contribution in [2.45, 2.75) is 36.3 Å². The highest BCUT2D eigenvalue weighted by atomic mass is 32.2. The Hall–Kier alpha value is -1.65. The topological polar surface area (TPSA) is 60.2 Å². The first-order valence-electron chi connectivity index (χ1n) is 8.08. The molecule has 0 amide bonds. The predicted molar refractivity (Wildman–Crippen MR) is 93.3 cm³/mol. The zero-order chi connectivity index (χ0) is 16.6. The fourth-order valence-corrected chi connectivity index (χ4v) is 5.57. The highest BCUT2D eigenvalue weighted by Gasteiger charge is 2.57. The monoisotopic (exact) mass is 329 g/mol.